The number of rotatable bonds is 0. The second-order valence-electron chi connectivity index (χ2n) is 0. The van der Waals surface area contributed by atoms with Crippen LogP contribution in [0.4, 0.5) is 0 Å². The zero-order chi connectivity index (χ0) is 0. The summed E-state index contributed by atoms with van der Waals surface area (Å²) in [5.41, 5.74) is 0. The Kier molecular flexibility index (Phi) is 204. The van der Waals surface area contributed by atoms with E-state index in [4.69, 9.17) is 0 Å². The molecule has 0 saturated carbocycles. The van der Waals surface area contributed by atoms with Gasteiger partial charge in [0.25, 0.3) is 0 Å². The molecule has 0 bridgehead atoms. The van der Waals surface area contributed by atoms with E-state index in [1.54, 1.807) is 0 Å². The van der Waals surface area contributed by atoms with Gasteiger partial charge in [-0.1, -0.05) is 0 Å². The van der Waals surface area contributed by atoms with Crippen molar-refractivity contribution in [1.82, 2.24) is 0 Å². The SMILES string of the molecule is P.[AlH3].[SiH4].[Ti]. The minimum absolute atomic E-state index is 0. The Morgan fingerprint density at radius 3 is 1.00 bits per heavy atom. The Labute approximate surface area is 59.8 Å². The predicted octanol–water partition coefficient (Wildman–Crippen LogP) is -2.58. The Morgan fingerprint density at radius 1 is 1.00 bits per heavy atom. The van der Waals surface area contributed by atoms with Crippen molar-refractivity contribution in [3.63, 3.8) is 0 Å². The molecule has 0 saturated heterocycles. The topological polar surface area (TPSA) is 0 Å². The molecule has 0 rings (SSSR count). The average molecular weight is 144 g/mol. The van der Waals surface area contributed by atoms with Crippen LogP contribution in [0.3, 0.4) is 0 Å². The molecule has 1 atom stereocenters. The first-order valence-electron chi connectivity index (χ1n) is 0. The summed E-state index contributed by atoms with van der Waals surface area (Å²) in [6.07, 6.45) is 0. The van der Waals surface area contributed by atoms with Gasteiger partial charge in [0.2, 0.25) is 0 Å². The van der Waals surface area contributed by atoms with Crippen LogP contribution in [-0.2, 0) is 21.7 Å². The molecule has 0 nitrogen and oxygen atoms in total. The standard InChI is InChI=1S/Al.H3P.H4Si.Ti.3H/h;1H3;1H4;;;;. The first kappa shape index (κ1) is 39.4. The normalized spacial score (nSPS) is 0. The first-order valence-corrected chi connectivity index (χ1v) is 0. The van der Waals surface area contributed by atoms with E-state index in [-0.39, 0.29) is 59.9 Å². The molecule has 0 fully saturated rings. The molecule has 0 heterocycles. The van der Waals surface area contributed by atoms with E-state index >= 15 is 0 Å². The van der Waals surface area contributed by atoms with Crippen molar-refractivity contribution in [2.75, 3.05) is 0 Å². The van der Waals surface area contributed by atoms with Crippen LogP contribution in [0.15, 0.2) is 0 Å². The molecular weight excluding hydrogens is 134 g/mol. The minimum atomic E-state index is 0. The van der Waals surface area contributed by atoms with Crippen LogP contribution >= 0.6 is 9.90 Å². The van der Waals surface area contributed by atoms with Crippen LogP contribution < -0.4 is 0 Å². The Hall–Kier alpha value is 1.89. The molecule has 0 aromatic heterocycles. The maximum absolute atomic E-state index is 0. The summed E-state index contributed by atoms with van der Waals surface area (Å²) in [4.78, 5) is 0. The van der Waals surface area contributed by atoms with Gasteiger partial charge in [0, 0.05) is 21.7 Å². The van der Waals surface area contributed by atoms with Crippen LogP contribution in [0, 0.1) is 0 Å². The third-order valence-corrected chi connectivity index (χ3v) is 0. The van der Waals surface area contributed by atoms with Crippen LogP contribution in [0.5, 0.6) is 0 Å². The molecular formula is H10AlPSiTi. The fourth-order valence-corrected chi connectivity index (χ4v) is 0. The monoisotopic (exact) mass is 144 g/mol. The van der Waals surface area contributed by atoms with Gasteiger partial charge in [0.05, 0.1) is 0 Å². The summed E-state index contributed by atoms with van der Waals surface area (Å²) >= 11 is 0. The summed E-state index contributed by atoms with van der Waals surface area (Å²) in [5, 5.41) is 0. The summed E-state index contributed by atoms with van der Waals surface area (Å²) < 4.78 is 0. The maximum atomic E-state index is 0. The second-order valence-corrected chi connectivity index (χ2v) is 0. The zero-order valence-electron chi connectivity index (χ0n) is 1.21. The first-order chi connectivity index (χ1) is 0. The zero-order valence-corrected chi connectivity index (χ0v) is 4.18. The van der Waals surface area contributed by atoms with E-state index in [9.17, 15) is 0 Å². The molecule has 4 heavy (non-hydrogen) atoms. The van der Waals surface area contributed by atoms with Gasteiger partial charge in [-0.2, -0.15) is 9.90 Å². The fraction of sp³-hybridized carbons (Fsp3) is 0. The van der Waals surface area contributed by atoms with Crippen molar-refractivity contribution in [2.24, 2.45) is 0 Å². The average Bonchev–Trinajstić information content (AvgIpc) is 0. The quantitative estimate of drug-likeness (QED) is 0.259. The van der Waals surface area contributed by atoms with E-state index in [0.29, 0.717) is 0 Å². The molecule has 1 unspecified atom stereocenters. The number of hydrogen-bond acceptors (Lipinski definition) is 0. The predicted molar refractivity (Wildman–Crippen MR) is 32.4 cm³/mol. The van der Waals surface area contributed by atoms with Crippen LogP contribution in [0.1, 0.15) is 0 Å². The number of hydrogen-bond donors (Lipinski definition) is 0. The van der Waals surface area contributed by atoms with Gasteiger partial charge in [-0.15, -0.1) is 0 Å². The summed E-state index contributed by atoms with van der Waals surface area (Å²) in [5.74, 6) is 0. The van der Waals surface area contributed by atoms with Crippen LogP contribution in [0.25, 0.3) is 0 Å². The molecule has 26 valence electrons. The molecule has 0 amide bonds. The van der Waals surface area contributed by atoms with Gasteiger partial charge < -0.3 is 0 Å². The van der Waals surface area contributed by atoms with Crippen molar-refractivity contribution in [1.29, 1.82) is 0 Å². The summed E-state index contributed by atoms with van der Waals surface area (Å²) in [7, 11) is 0. The van der Waals surface area contributed by atoms with E-state index in [0.717, 1.165) is 0 Å². The molecule has 0 aliphatic carbocycles. The molecule has 0 aromatic carbocycles. The Balaban J connectivity index is 0. The Bertz CT molecular complexity index is 8.00. The second kappa shape index (κ2) is 20.7. The molecule has 0 N–H and O–H groups in total. The van der Waals surface area contributed by atoms with Gasteiger partial charge in [0.1, 0.15) is 0 Å². The van der Waals surface area contributed by atoms with Crippen molar-refractivity contribution < 1.29 is 21.7 Å². The summed E-state index contributed by atoms with van der Waals surface area (Å²) in [6.45, 7) is 0. The smallest absolute Gasteiger partial charge is 0.153 e. The van der Waals surface area contributed by atoms with Crippen molar-refractivity contribution in [3.05, 3.63) is 0 Å². The molecule has 0 aliphatic rings. The third kappa shape index (κ3) is 9.09. The Morgan fingerprint density at radius 2 is 1.00 bits per heavy atom. The molecule has 0 spiro atoms. The van der Waals surface area contributed by atoms with E-state index in [2.05, 4.69) is 0 Å². The van der Waals surface area contributed by atoms with Crippen molar-refractivity contribution in [2.45, 2.75) is 0 Å². The molecule has 0 aliphatic heterocycles. The van der Waals surface area contributed by atoms with Crippen molar-refractivity contribution in [3.8, 4) is 0 Å². The van der Waals surface area contributed by atoms with E-state index in [1.165, 1.54) is 0 Å². The van der Waals surface area contributed by atoms with Gasteiger partial charge in [0.15, 0.2) is 17.4 Å². The molecule has 0 aromatic rings. The fourth-order valence-electron chi connectivity index (χ4n) is 0. The minimum Gasteiger partial charge on any atom is -0.153 e. The van der Waals surface area contributed by atoms with Gasteiger partial charge >= 0.3 is 0 Å². The van der Waals surface area contributed by atoms with Gasteiger partial charge in [-0.25, -0.2) is 0 Å². The third-order valence-electron chi connectivity index (χ3n) is 0. The van der Waals surface area contributed by atoms with E-state index in [1.807, 2.05) is 0 Å². The van der Waals surface area contributed by atoms with E-state index < -0.39 is 0 Å². The van der Waals surface area contributed by atoms with Gasteiger partial charge in [-0.3, -0.25) is 0 Å². The largest absolute Gasteiger partial charge is 0.187 e. The van der Waals surface area contributed by atoms with Crippen LogP contribution in [-0.4, -0.2) is 28.3 Å². The summed E-state index contributed by atoms with van der Waals surface area (Å²) in [6, 6.07) is 0. The molecule has 4 heteroatoms. The molecule has 0 radical (unpaired) electrons. The van der Waals surface area contributed by atoms with Crippen LogP contribution in [0.2, 0.25) is 0 Å². The van der Waals surface area contributed by atoms with Gasteiger partial charge in [-0.05, 0) is 11.0 Å². The van der Waals surface area contributed by atoms with Crippen molar-refractivity contribution >= 4 is 38.2 Å². The maximum Gasteiger partial charge on any atom is 0.187 e.